The van der Waals surface area contributed by atoms with E-state index >= 15 is 0 Å². The summed E-state index contributed by atoms with van der Waals surface area (Å²) in [6.07, 6.45) is 9.02. The molecule has 7 nitrogen and oxygen atoms in total. The molecule has 2 rings (SSSR count). The quantitative estimate of drug-likeness (QED) is 0.124. The van der Waals surface area contributed by atoms with Crippen molar-refractivity contribution in [1.29, 1.82) is 0 Å². The molecule has 0 saturated carbocycles. The summed E-state index contributed by atoms with van der Waals surface area (Å²) < 4.78 is 10.5. The average Bonchev–Trinajstić information content (AvgIpc) is 2.98. The summed E-state index contributed by atoms with van der Waals surface area (Å²) in [5.74, 6) is 2.16. The van der Waals surface area contributed by atoms with Gasteiger partial charge >= 0.3 is 0 Å². The van der Waals surface area contributed by atoms with Gasteiger partial charge in [-0.05, 0) is 48.3 Å². The maximum absolute atomic E-state index is 11.6. The first kappa shape index (κ1) is 42.4. The number of rotatable bonds is 13. The van der Waals surface area contributed by atoms with E-state index in [-0.39, 0.29) is 18.1 Å². The largest absolute Gasteiger partial charge is 0.508 e. The fourth-order valence-corrected chi connectivity index (χ4v) is 3.23. The lowest BCUT2D eigenvalue weighted by atomic mass is 10.0. The van der Waals surface area contributed by atoms with Crippen molar-refractivity contribution < 1.29 is 29.3 Å². The van der Waals surface area contributed by atoms with E-state index < -0.39 is 6.10 Å². The van der Waals surface area contributed by atoms with Crippen LogP contribution in [0.5, 0.6) is 5.75 Å². The van der Waals surface area contributed by atoms with Crippen LogP contribution in [0, 0.1) is 5.92 Å². The van der Waals surface area contributed by atoms with Crippen LogP contribution in [0.15, 0.2) is 60.6 Å². The molecule has 1 fully saturated rings. The average molecular weight is 578 g/mol. The summed E-state index contributed by atoms with van der Waals surface area (Å²) in [6, 6.07) is 6.47. The highest BCUT2D eigenvalue weighted by molar-refractivity contribution is 5.96. The van der Waals surface area contributed by atoms with Crippen LogP contribution in [0.4, 0.5) is 0 Å². The van der Waals surface area contributed by atoms with Crippen molar-refractivity contribution in [3.63, 3.8) is 0 Å². The Morgan fingerprint density at radius 2 is 1.59 bits per heavy atom. The maximum atomic E-state index is 11.6. The second kappa shape index (κ2) is 29.9. The van der Waals surface area contributed by atoms with E-state index in [4.69, 9.17) is 14.6 Å². The first-order valence-corrected chi connectivity index (χ1v) is 15.2. The molecule has 1 aromatic rings. The number of aliphatic hydroxyl groups is 1. The third-order valence-electron chi connectivity index (χ3n) is 5.34. The Bertz CT molecular complexity index is 830. The molecule has 1 atom stereocenters. The van der Waals surface area contributed by atoms with Crippen LogP contribution in [0.3, 0.4) is 0 Å². The predicted octanol–water partition coefficient (Wildman–Crippen LogP) is 8.13. The molecular formula is C34H59NO6. The van der Waals surface area contributed by atoms with Crippen LogP contribution in [-0.2, 0) is 14.3 Å². The van der Waals surface area contributed by atoms with Crippen molar-refractivity contribution in [3.05, 3.63) is 66.2 Å². The van der Waals surface area contributed by atoms with Gasteiger partial charge in [-0.1, -0.05) is 101 Å². The van der Waals surface area contributed by atoms with E-state index in [1.165, 1.54) is 25.7 Å². The molecule has 1 aliphatic rings. The number of unbranched alkanes of at least 4 members (excludes halogenated alkanes) is 3. The number of aromatic hydroxyl groups is 1. The summed E-state index contributed by atoms with van der Waals surface area (Å²) in [5.41, 5.74) is 1.13. The molecule has 1 saturated heterocycles. The standard InChI is InChI=1S/C13H18O2.C11H15NO4.C6H14.2C2H6/c1-2-3-4-5-6-13(15)11-7-9-12(14)10-8-11;1-8(10(14)6-12-7-13)5-11-9(2)15-3-4-16-11;1-4-5-6(2)3;2*1-2/h7-10,14H,2-6H2,1H3;5,7,10,14H,1-4,6H2,(H,12,13);6H,4-5H2,1-3H3;2*1-2H3/b;11-5+;;;. The Morgan fingerprint density at radius 1 is 1.00 bits per heavy atom. The molecule has 0 spiro atoms. The number of aliphatic hydroxyl groups excluding tert-OH is 1. The van der Waals surface area contributed by atoms with Crippen LogP contribution in [0.2, 0.25) is 0 Å². The van der Waals surface area contributed by atoms with Gasteiger partial charge in [0.25, 0.3) is 0 Å². The molecule has 0 bridgehead atoms. The summed E-state index contributed by atoms with van der Waals surface area (Å²) in [4.78, 5) is 21.7. The van der Waals surface area contributed by atoms with Crippen molar-refractivity contribution in [2.24, 2.45) is 5.92 Å². The first-order valence-electron chi connectivity index (χ1n) is 15.2. The number of ketones is 1. The van der Waals surface area contributed by atoms with Crippen LogP contribution in [-0.4, -0.2) is 48.3 Å². The van der Waals surface area contributed by atoms with Crippen molar-refractivity contribution >= 4 is 12.2 Å². The van der Waals surface area contributed by atoms with E-state index in [1.54, 1.807) is 30.3 Å². The fraction of sp³-hybridized carbons (Fsp3) is 0.588. The molecule has 7 heteroatoms. The van der Waals surface area contributed by atoms with E-state index in [9.17, 15) is 14.7 Å². The molecule has 41 heavy (non-hydrogen) atoms. The molecular weight excluding hydrogens is 518 g/mol. The second-order valence-electron chi connectivity index (χ2n) is 9.21. The summed E-state index contributed by atoms with van der Waals surface area (Å²) >= 11 is 0. The van der Waals surface area contributed by atoms with Crippen LogP contribution < -0.4 is 5.32 Å². The highest BCUT2D eigenvalue weighted by Gasteiger charge is 2.14. The van der Waals surface area contributed by atoms with Gasteiger partial charge in [-0.3, -0.25) is 9.59 Å². The maximum Gasteiger partial charge on any atom is 0.207 e. The lowest BCUT2D eigenvalue weighted by Gasteiger charge is -2.20. The van der Waals surface area contributed by atoms with E-state index in [0.717, 1.165) is 18.8 Å². The zero-order valence-electron chi connectivity index (χ0n) is 27.1. The van der Waals surface area contributed by atoms with E-state index in [2.05, 4.69) is 46.2 Å². The molecule has 1 amide bonds. The Labute approximate surface area is 250 Å². The van der Waals surface area contributed by atoms with E-state index in [0.29, 0.717) is 48.7 Å². The molecule has 3 N–H and O–H groups in total. The minimum Gasteiger partial charge on any atom is -0.508 e. The number of carbonyl (C=O) groups excluding carboxylic acids is 2. The van der Waals surface area contributed by atoms with Gasteiger partial charge in [0.2, 0.25) is 6.41 Å². The third kappa shape index (κ3) is 24.5. The highest BCUT2D eigenvalue weighted by atomic mass is 16.6. The number of phenols is 1. The van der Waals surface area contributed by atoms with Crippen molar-refractivity contribution in [1.82, 2.24) is 5.32 Å². The molecule has 1 heterocycles. The van der Waals surface area contributed by atoms with Gasteiger partial charge in [-0.2, -0.15) is 0 Å². The number of phenolic OH excluding ortho intramolecular Hbond substituents is 1. The third-order valence-corrected chi connectivity index (χ3v) is 5.34. The number of benzene rings is 1. The number of Topliss-reactive ketones (excluding diaryl/α,β-unsaturated/α-hetero) is 1. The van der Waals surface area contributed by atoms with Crippen molar-refractivity contribution in [3.8, 4) is 5.75 Å². The van der Waals surface area contributed by atoms with Gasteiger partial charge in [0.15, 0.2) is 17.3 Å². The Hall–Kier alpha value is -3.06. The fourth-order valence-electron chi connectivity index (χ4n) is 3.23. The van der Waals surface area contributed by atoms with Gasteiger partial charge < -0.3 is 25.0 Å². The lowest BCUT2D eigenvalue weighted by Crippen LogP contribution is -2.26. The highest BCUT2D eigenvalue weighted by Crippen LogP contribution is 2.18. The van der Waals surface area contributed by atoms with Crippen LogP contribution in [0.25, 0.3) is 0 Å². The summed E-state index contributed by atoms with van der Waals surface area (Å²) in [5, 5.41) is 21.0. The van der Waals surface area contributed by atoms with Gasteiger partial charge in [0.1, 0.15) is 19.0 Å². The molecule has 0 radical (unpaired) electrons. The lowest BCUT2D eigenvalue weighted by molar-refractivity contribution is -0.109. The number of hydrogen-bond acceptors (Lipinski definition) is 6. The number of ether oxygens (including phenoxy) is 2. The Morgan fingerprint density at radius 3 is 2.05 bits per heavy atom. The minimum absolute atomic E-state index is 0.111. The topological polar surface area (TPSA) is 105 Å². The molecule has 1 aromatic carbocycles. The predicted molar refractivity (Wildman–Crippen MR) is 172 cm³/mol. The van der Waals surface area contributed by atoms with Crippen LogP contribution >= 0.6 is 0 Å². The minimum atomic E-state index is -0.851. The van der Waals surface area contributed by atoms with Crippen molar-refractivity contribution in [2.45, 2.75) is 106 Å². The van der Waals surface area contributed by atoms with Crippen LogP contribution in [0.1, 0.15) is 111 Å². The van der Waals surface area contributed by atoms with E-state index in [1.807, 2.05) is 27.7 Å². The monoisotopic (exact) mass is 577 g/mol. The SMILES string of the molecule is C=C1OCCO/C1=C/C(=C)C(O)CNC=O.CC.CC.CCCC(C)C.CCCCCCC(=O)c1ccc(O)cc1. The normalized spacial score (nSPS) is 13.1. The number of amides is 1. The molecule has 236 valence electrons. The second-order valence-corrected chi connectivity index (χ2v) is 9.21. The summed E-state index contributed by atoms with van der Waals surface area (Å²) in [7, 11) is 0. The number of nitrogens with one attached hydrogen (secondary N) is 1. The first-order chi connectivity index (χ1) is 19.7. The zero-order valence-corrected chi connectivity index (χ0v) is 27.1. The summed E-state index contributed by atoms with van der Waals surface area (Å²) in [6.45, 7) is 25.2. The van der Waals surface area contributed by atoms with Gasteiger partial charge in [0.05, 0.1) is 6.10 Å². The van der Waals surface area contributed by atoms with Gasteiger partial charge in [-0.15, -0.1) is 0 Å². The smallest absolute Gasteiger partial charge is 0.207 e. The number of hydrogen-bond donors (Lipinski definition) is 3. The molecule has 0 aromatic heterocycles. The van der Waals surface area contributed by atoms with Crippen molar-refractivity contribution in [2.75, 3.05) is 19.8 Å². The van der Waals surface area contributed by atoms with Gasteiger partial charge in [-0.25, -0.2) is 0 Å². The molecule has 1 aliphatic heterocycles. The van der Waals surface area contributed by atoms with Gasteiger partial charge in [0, 0.05) is 18.5 Å². The number of carbonyl (C=O) groups is 2. The Kier molecular flexibility index (Phi) is 30.9. The zero-order chi connectivity index (χ0) is 32.1. The molecule has 0 aliphatic carbocycles. The Balaban J connectivity index is -0.000000536. The molecule has 1 unspecified atom stereocenters.